The molecule has 5 nitrogen and oxygen atoms in total. The van der Waals surface area contributed by atoms with E-state index in [2.05, 4.69) is 10.3 Å². The summed E-state index contributed by atoms with van der Waals surface area (Å²) in [5.74, 6) is 0. The Labute approximate surface area is 165 Å². The average Bonchev–Trinajstić information content (AvgIpc) is 3.13. The highest BCUT2D eigenvalue weighted by atomic mass is 19.4. The molecular formula is C21H17F3N4O. The summed E-state index contributed by atoms with van der Waals surface area (Å²) in [4.78, 5) is 18.1. The SMILES string of the molecule is Nc1ccc(-c2ccncc2)cc1NC(=O)N1Cc2ccc(C(F)(F)F)cc2C1. The van der Waals surface area contributed by atoms with Crippen LogP contribution in [0.3, 0.4) is 0 Å². The fourth-order valence-electron chi connectivity index (χ4n) is 3.30. The number of hydrogen-bond acceptors (Lipinski definition) is 3. The minimum absolute atomic E-state index is 0.106. The van der Waals surface area contributed by atoms with Crippen LogP contribution in [0.5, 0.6) is 0 Å². The molecule has 0 unspecified atom stereocenters. The Morgan fingerprint density at radius 3 is 2.41 bits per heavy atom. The molecule has 1 aromatic heterocycles. The lowest BCUT2D eigenvalue weighted by Gasteiger charge is -2.18. The van der Waals surface area contributed by atoms with Crippen LogP contribution in [-0.2, 0) is 19.3 Å². The number of fused-ring (bicyclic) bond motifs is 1. The Balaban J connectivity index is 1.52. The van der Waals surface area contributed by atoms with E-state index in [1.54, 1.807) is 24.5 Å². The average molecular weight is 398 g/mol. The number of anilines is 2. The van der Waals surface area contributed by atoms with E-state index < -0.39 is 17.8 Å². The largest absolute Gasteiger partial charge is 0.416 e. The maximum Gasteiger partial charge on any atom is 0.416 e. The van der Waals surface area contributed by atoms with Crippen molar-refractivity contribution in [2.75, 3.05) is 11.1 Å². The minimum atomic E-state index is -4.41. The number of amides is 2. The fourth-order valence-corrected chi connectivity index (χ4v) is 3.30. The molecule has 0 saturated heterocycles. The van der Waals surface area contributed by atoms with Crippen LogP contribution in [0.4, 0.5) is 29.3 Å². The van der Waals surface area contributed by atoms with Crippen LogP contribution in [0.1, 0.15) is 16.7 Å². The van der Waals surface area contributed by atoms with E-state index in [0.717, 1.165) is 23.3 Å². The standard InChI is InChI=1S/C21H17F3N4O/c22-21(23,24)17-3-1-15-11-28(12-16(15)9-17)20(29)27-19-10-14(2-4-18(19)25)13-5-7-26-8-6-13/h1-10H,11-12,25H2,(H,27,29). The van der Waals surface area contributed by atoms with Gasteiger partial charge >= 0.3 is 12.2 Å². The first-order valence-corrected chi connectivity index (χ1v) is 8.86. The van der Waals surface area contributed by atoms with E-state index in [1.807, 2.05) is 18.2 Å². The van der Waals surface area contributed by atoms with Gasteiger partial charge in [-0.25, -0.2) is 4.79 Å². The molecule has 2 heterocycles. The number of pyridine rings is 1. The van der Waals surface area contributed by atoms with Gasteiger partial charge in [0, 0.05) is 25.5 Å². The number of alkyl halides is 3. The van der Waals surface area contributed by atoms with E-state index in [-0.39, 0.29) is 13.1 Å². The van der Waals surface area contributed by atoms with Gasteiger partial charge in [0.2, 0.25) is 0 Å². The first-order chi connectivity index (χ1) is 13.8. The number of nitrogen functional groups attached to an aromatic ring is 1. The summed E-state index contributed by atoms with van der Waals surface area (Å²) in [5.41, 5.74) is 9.09. The third kappa shape index (κ3) is 3.87. The summed E-state index contributed by atoms with van der Waals surface area (Å²) in [6.07, 6.45) is -1.08. The van der Waals surface area contributed by atoms with Crippen molar-refractivity contribution in [1.29, 1.82) is 0 Å². The molecule has 3 N–H and O–H groups in total. The summed E-state index contributed by atoms with van der Waals surface area (Å²) in [6.45, 7) is 0.346. The molecule has 3 aromatic rings. The Kier molecular flexibility index (Phi) is 4.62. The number of carbonyl (C=O) groups excluding carboxylic acids is 1. The fraction of sp³-hybridized carbons (Fsp3) is 0.143. The molecule has 0 aliphatic carbocycles. The van der Waals surface area contributed by atoms with Gasteiger partial charge in [-0.3, -0.25) is 4.98 Å². The van der Waals surface area contributed by atoms with Gasteiger partial charge in [-0.15, -0.1) is 0 Å². The molecule has 1 aliphatic heterocycles. The summed E-state index contributed by atoms with van der Waals surface area (Å²) in [6, 6.07) is 12.1. The highest BCUT2D eigenvalue weighted by Gasteiger charge is 2.33. The van der Waals surface area contributed by atoms with E-state index in [0.29, 0.717) is 22.5 Å². The van der Waals surface area contributed by atoms with Crippen LogP contribution >= 0.6 is 0 Å². The number of rotatable bonds is 2. The molecule has 0 atom stereocenters. The second-order valence-corrected chi connectivity index (χ2v) is 6.81. The Hall–Kier alpha value is -3.55. The van der Waals surface area contributed by atoms with Crippen LogP contribution in [0, 0.1) is 0 Å². The highest BCUT2D eigenvalue weighted by molar-refractivity contribution is 5.94. The number of hydrogen-bond donors (Lipinski definition) is 2. The van der Waals surface area contributed by atoms with Crippen molar-refractivity contribution >= 4 is 17.4 Å². The number of benzene rings is 2. The van der Waals surface area contributed by atoms with E-state index in [1.165, 1.54) is 11.0 Å². The second kappa shape index (κ2) is 7.12. The molecule has 29 heavy (non-hydrogen) atoms. The molecule has 2 aromatic carbocycles. The zero-order valence-corrected chi connectivity index (χ0v) is 15.2. The molecular weight excluding hydrogens is 381 g/mol. The third-order valence-corrected chi connectivity index (χ3v) is 4.85. The molecule has 1 aliphatic rings. The lowest BCUT2D eigenvalue weighted by atomic mass is 10.1. The van der Waals surface area contributed by atoms with E-state index in [9.17, 15) is 18.0 Å². The molecule has 4 rings (SSSR count). The number of carbonyl (C=O) groups is 1. The van der Waals surface area contributed by atoms with Gasteiger partial charge in [0.25, 0.3) is 0 Å². The molecule has 0 radical (unpaired) electrons. The summed E-state index contributed by atoms with van der Waals surface area (Å²) >= 11 is 0. The quantitative estimate of drug-likeness (QED) is 0.604. The predicted molar refractivity (Wildman–Crippen MR) is 104 cm³/mol. The van der Waals surface area contributed by atoms with Gasteiger partial charge in [0.1, 0.15) is 0 Å². The van der Waals surface area contributed by atoms with Crippen molar-refractivity contribution in [2.45, 2.75) is 19.3 Å². The third-order valence-electron chi connectivity index (χ3n) is 4.85. The van der Waals surface area contributed by atoms with Crippen molar-refractivity contribution in [2.24, 2.45) is 0 Å². The molecule has 0 spiro atoms. The normalized spacial score (nSPS) is 13.3. The molecule has 0 saturated carbocycles. The van der Waals surface area contributed by atoms with Crippen LogP contribution in [0.25, 0.3) is 11.1 Å². The van der Waals surface area contributed by atoms with Crippen molar-refractivity contribution in [3.05, 3.63) is 77.6 Å². The smallest absolute Gasteiger partial charge is 0.397 e. The van der Waals surface area contributed by atoms with Gasteiger partial charge in [0.15, 0.2) is 0 Å². The lowest BCUT2D eigenvalue weighted by molar-refractivity contribution is -0.137. The number of halogens is 3. The van der Waals surface area contributed by atoms with Gasteiger partial charge in [-0.1, -0.05) is 12.1 Å². The van der Waals surface area contributed by atoms with Gasteiger partial charge < -0.3 is 16.0 Å². The number of urea groups is 1. The van der Waals surface area contributed by atoms with Crippen molar-refractivity contribution < 1.29 is 18.0 Å². The van der Waals surface area contributed by atoms with Gasteiger partial charge in [-0.2, -0.15) is 13.2 Å². The maximum absolute atomic E-state index is 12.9. The topological polar surface area (TPSA) is 71.2 Å². The second-order valence-electron chi connectivity index (χ2n) is 6.81. The van der Waals surface area contributed by atoms with E-state index >= 15 is 0 Å². The Morgan fingerprint density at radius 1 is 0.966 bits per heavy atom. The lowest BCUT2D eigenvalue weighted by Crippen LogP contribution is -2.30. The molecule has 0 fully saturated rings. The Bertz CT molecular complexity index is 1070. The van der Waals surface area contributed by atoms with Crippen molar-refractivity contribution in [3.63, 3.8) is 0 Å². The molecule has 8 heteroatoms. The summed E-state index contributed by atoms with van der Waals surface area (Å²) in [7, 11) is 0. The minimum Gasteiger partial charge on any atom is -0.397 e. The molecule has 2 amide bonds. The molecule has 148 valence electrons. The zero-order chi connectivity index (χ0) is 20.6. The van der Waals surface area contributed by atoms with Crippen LogP contribution in [0.15, 0.2) is 60.9 Å². The van der Waals surface area contributed by atoms with Crippen molar-refractivity contribution in [1.82, 2.24) is 9.88 Å². The number of nitrogens with zero attached hydrogens (tertiary/aromatic N) is 2. The maximum atomic E-state index is 12.9. The van der Waals surface area contributed by atoms with Gasteiger partial charge in [0.05, 0.1) is 16.9 Å². The highest BCUT2D eigenvalue weighted by Crippen LogP contribution is 2.34. The van der Waals surface area contributed by atoms with Crippen LogP contribution in [0.2, 0.25) is 0 Å². The summed E-state index contributed by atoms with van der Waals surface area (Å²) < 4.78 is 38.7. The van der Waals surface area contributed by atoms with Crippen LogP contribution < -0.4 is 11.1 Å². The van der Waals surface area contributed by atoms with Crippen LogP contribution in [-0.4, -0.2) is 15.9 Å². The van der Waals surface area contributed by atoms with Crippen molar-refractivity contribution in [3.8, 4) is 11.1 Å². The van der Waals surface area contributed by atoms with E-state index in [4.69, 9.17) is 5.73 Å². The summed E-state index contributed by atoms with van der Waals surface area (Å²) in [5, 5.41) is 2.77. The predicted octanol–water partition coefficient (Wildman–Crippen LogP) is 4.90. The number of nitrogens with two attached hydrogens (primary N) is 1. The first-order valence-electron chi connectivity index (χ1n) is 8.86. The number of aromatic nitrogens is 1. The van der Waals surface area contributed by atoms with Gasteiger partial charge in [-0.05, 0) is 58.7 Å². The monoisotopic (exact) mass is 398 g/mol. The Morgan fingerprint density at radius 2 is 1.69 bits per heavy atom. The first kappa shape index (κ1) is 18.8. The molecule has 0 bridgehead atoms. The zero-order valence-electron chi connectivity index (χ0n) is 15.2. The number of nitrogens with one attached hydrogen (secondary N) is 1.